The quantitative estimate of drug-likeness (QED) is 0.660. The summed E-state index contributed by atoms with van der Waals surface area (Å²) in [6.07, 6.45) is 2.83. The summed E-state index contributed by atoms with van der Waals surface area (Å²) >= 11 is 0. The van der Waals surface area contributed by atoms with Crippen molar-refractivity contribution in [3.63, 3.8) is 0 Å². The molecule has 1 amide bonds. The van der Waals surface area contributed by atoms with Crippen LogP contribution in [-0.4, -0.2) is 76.2 Å². The molecule has 1 atom stereocenters. The van der Waals surface area contributed by atoms with E-state index < -0.39 is 0 Å². The van der Waals surface area contributed by atoms with Crippen molar-refractivity contribution in [2.24, 2.45) is 5.92 Å². The van der Waals surface area contributed by atoms with Crippen LogP contribution < -0.4 is 5.32 Å². The monoisotopic (exact) mass is 271 g/mol. The fraction of sp³-hybridized carbons (Fsp3) is 0.929. The van der Waals surface area contributed by atoms with Crippen LogP contribution in [0.15, 0.2) is 0 Å². The zero-order valence-electron chi connectivity index (χ0n) is 12.7. The third-order valence-electron chi connectivity index (χ3n) is 3.58. The lowest BCUT2D eigenvalue weighted by Crippen LogP contribution is -2.37. The fourth-order valence-corrected chi connectivity index (χ4v) is 2.41. The molecule has 1 unspecified atom stereocenters. The number of carbonyl (C=O) groups excluding carboxylic acids is 1. The molecule has 112 valence electrons. The third-order valence-corrected chi connectivity index (χ3v) is 3.58. The zero-order valence-corrected chi connectivity index (χ0v) is 12.7. The number of nitrogens with one attached hydrogen (secondary N) is 1. The molecule has 19 heavy (non-hydrogen) atoms. The van der Waals surface area contributed by atoms with Gasteiger partial charge in [0.25, 0.3) is 0 Å². The Bertz CT molecular complexity index is 253. The first kappa shape index (κ1) is 16.4. The molecule has 1 aliphatic rings. The highest BCUT2D eigenvalue weighted by atomic mass is 16.5. The number of carbonyl (C=O) groups is 1. The molecular weight excluding hydrogens is 242 g/mol. The van der Waals surface area contributed by atoms with Crippen LogP contribution >= 0.6 is 0 Å². The summed E-state index contributed by atoms with van der Waals surface area (Å²) in [4.78, 5) is 16.4. The molecule has 0 aliphatic carbocycles. The van der Waals surface area contributed by atoms with Gasteiger partial charge in [-0.15, -0.1) is 0 Å². The van der Waals surface area contributed by atoms with E-state index in [1.807, 2.05) is 4.90 Å². The van der Waals surface area contributed by atoms with Gasteiger partial charge >= 0.3 is 0 Å². The minimum absolute atomic E-state index is 0.282. The Hall–Kier alpha value is -0.650. The van der Waals surface area contributed by atoms with Gasteiger partial charge in [-0.3, -0.25) is 4.79 Å². The van der Waals surface area contributed by atoms with E-state index >= 15 is 0 Å². The lowest BCUT2D eigenvalue weighted by molar-refractivity contribution is -0.132. The first-order valence-electron chi connectivity index (χ1n) is 7.25. The van der Waals surface area contributed by atoms with E-state index in [9.17, 15) is 4.79 Å². The Morgan fingerprint density at radius 3 is 2.68 bits per heavy atom. The largest absolute Gasteiger partial charge is 0.383 e. The Morgan fingerprint density at radius 1 is 1.32 bits per heavy atom. The number of amides is 1. The SMILES string of the molecule is COCCN(CCCN(C)C)C(=O)CC1CCNC1. The number of hydrogen-bond donors (Lipinski definition) is 1. The van der Waals surface area contributed by atoms with Crippen LogP contribution in [0.1, 0.15) is 19.3 Å². The van der Waals surface area contributed by atoms with E-state index in [0.29, 0.717) is 25.5 Å². The predicted octanol–water partition coefficient (Wildman–Crippen LogP) is 0.413. The van der Waals surface area contributed by atoms with Crippen molar-refractivity contribution in [1.82, 2.24) is 15.1 Å². The third kappa shape index (κ3) is 6.89. The molecular formula is C14H29N3O2. The summed E-state index contributed by atoms with van der Waals surface area (Å²) in [5.41, 5.74) is 0. The standard InChI is InChI=1S/C14H29N3O2/c1-16(2)7-4-8-17(9-10-19-3)14(18)11-13-5-6-15-12-13/h13,15H,4-12H2,1-3H3. The zero-order chi connectivity index (χ0) is 14.1. The van der Waals surface area contributed by atoms with E-state index in [1.54, 1.807) is 7.11 Å². The van der Waals surface area contributed by atoms with Gasteiger partial charge in [0.2, 0.25) is 5.91 Å². The first-order chi connectivity index (χ1) is 9.13. The maximum atomic E-state index is 12.3. The van der Waals surface area contributed by atoms with Crippen molar-refractivity contribution in [2.75, 3.05) is 60.5 Å². The number of hydrogen-bond acceptors (Lipinski definition) is 4. The molecule has 1 N–H and O–H groups in total. The van der Waals surface area contributed by atoms with E-state index in [1.165, 1.54) is 0 Å². The Kier molecular flexibility index (Phi) is 8.02. The Balaban J connectivity index is 2.34. The normalized spacial score (nSPS) is 19.1. The average Bonchev–Trinajstić information content (AvgIpc) is 2.85. The molecule has 0 saturated carbocycles. The number of rotatable bonds is 9. The van der Waals surface area contributed by atoms with Gasteiger partial charge in [-0.1, -0.05) is 0 Å². The van der Waals surface area contributed by atoms with Crippen LogP contribution in [0.3, 0.4) is 0 Å². The van der Waals surface area contributed by atoms with Crippen LogP contribution in [0.5, 0.6) is 0 Å². The lowest BCUT2D eigenvalue weighted by Gasteiger charge is -2.24. The van der Waals surface area contributed by atoms with Crippen molar-refractivity contribution in [1.29, 1.82) is 0 Å². The lowest BCUT2D eigenvalue weighted by atomic mass is 10.0. The maximum Gasteiger partial charge on any atom is 0.222 e. The van der Waals surface area contributed by atoms with E-state index in [-0.39, 0.29) is 5.91 Å². The molecule has 0 radical (unpaired) electrons. The molecule has 0 aromatic rings. The van der Waals surface area contributed by atoms with Gasteiger partial charge in [0.15, 0.2) is 0 Å². The smallest absolute Gasteiger partial charge is 0.222 e. The Labute approximate surface area is 117 Å². The number of ether oxygens (including phenoxy) is 1. The van der Waals surface area contributed by atoms with Gasteiger partial charge in [-0.05, 0) is 52.5 Å². The van der Waals surface area contributed by atoms with Gasteiger partial charge in [0.1, 0.15) is 0 Å². The van der Waals surface area contributed by atoms with Crippen molar-refractivity contribution >= 4 is 5.91 Å². The van der Waals surface area contributed by atoms with Crippen molar-refractivity contribution in [2.45, 2.75) is 19.3 Å². The van der Waals surface area contributed by atoms with Gasteiger partial charge in [0, 0.05) is 26.6 Å². The molecule has 5 heteroatoms. The van der Waals surface area contributed by atoms with E-state index in [0.717, 1.165) is 39.0 Å². The maximum absolute atomic E-state index is 12.3. The van der Waals surface area contributed by atoms with E-state index in [2.05, 4.69) is 24.3 Å². The minimum atomic E-state index is 0.282. The minimum Gasteiger partial charge on any atom is -0.383 e. The second-order valence-electron chi connectivity index (χ2n) is 5.59. The van der Waals surface area contributed by atoms with Gasteiger partial charge in [0.05, 0.1) is 6.61 Å². The van der Waals surface area contributed by atoms with Gasteiger partial charge in [-0.2, -0.15) is 0 Å². The molecule has 1 aliphatic heterocycles. The summed E-state index contributed by atoms with van der Waals surface area (Å²) < 4.78 is 5.10. The average molecular weight is 271 g/mol. The highest BCUT2D eigenvalue weighted by Gasteiger charge is 2.21. The number of nitrogens with zero attached hydrogens (tertiary/aromatic N) is 2. The molecule has 1 rings (SSSR count). The molecule has 0 aromatic heterocycles. The second-order valence-corrected chi connectivity index (χ2v) is 5.59. The topological polar surface area (TPSA) is 44.8 Å². The summed E-state index contributed by atoms with van der Waals surface area (Å²) in [6.45, 7) is 5.22. The molecule has 5 nitrogen and oxygen atoms in total. The van der Waals surface area contributed by atoms with Gasteiger partial charge < -0.3 is 19.9 Å². The highest BCUT2D eigenvalue weighted by Crippen LogP contribution is 2.14. The van der Waals surface area contributed by atoms with E-state index in [4.69, 9.17) is 4.74 Å². The van der Waals surface area contributed by atoms with Gasteiger partial charge in [-0.25, -0.2) is 0 Å². The molecule has 1 saturated heterocycles. The molecule has 1 fully saturated rings. The molecule has 0 aromatic carbocycles. The number of methoxy groups -OCH3 is 1. The second kappa shape index (κ2) is 9.28. The van der Waals surface area contributed by atoms with Crippen molar-refractivity contribution < 1.29 is 9.53 Å². The van der Waals surface area contributed by atoms with Crippen LogP contribution in [0, 0.1) is 5.92 Å². The fourth-order valence-electron chi connectivity index (χ4n) is 2.41. The van der Waals surface area contributed by atoms with Crippen molar-refractivity contribution in [3.8, 4) is 0 Å². The molecule has 0 bridgehead atoms. The molecule has 0 spiro atoms. The van der Waals surface area contributed by atoms with Crippen LogP contribution in [0.4, 0.5) is 0 Å². The van der Waals surface area contributed by atoms with Crippen LogP contribution in [0.2, 0.25) is 0 Å². The highest BCUT2D eigenvalue weighted by molar-refractivity contribution is 5.76. The summed E-state index contributed by atoms with van der Waals surface area (Å²) in [5.74, 6) is 0.802. The summed E-state index contributed by atoms with van der Waals surface area (Å²) in [7, 11) is 5.81. The summed E-state index contributed by atoms with van der Waals surface area (Å²) in [6, 6.07) is 0. The van der Waals surface area contributed by atoms with Crippen molar-refractivity contribution in [3.05, 3.63) is 0 Å². The predicted molar refractivity (Wildman–Crippen MR) is 77.2 cm³/mol. The van der Waals surface area contributed by atoms with Crippen LogP contribution in [0.25, 0.3) is 0 Å². The molecule has 1 heterocycles. The Morgan fingerprint density at radius 2 is 2.11 bits per heavy atom. The first-order valence-corrected chi connectivity index (χ1v) is 7.25. The van der Waals surface area contributed by atoms with Crippen LogP contribution in [-0.2, 0) is 9.53 Å². The summed E-state index contributed by atoms with van der Waals surface area (Å²) in [5, 5.41) is 3.32.